The van der Waals surface area contributed by atoms with Crippen LogP contribution in [0.4, 0.5) is 23.8 Å². The fourth-order valence-corrected chi connectivity index (χ4v) is 6.92. The molecule has 0 unspecified atom stereocenters. The molecule has 3 fully saturated rings. The number of rotatable bonds is 5. The average Bonchev–Trinajstić information content (AvgIpc) is 3.14. The van der Waals surface area contributed by atoms with Gasteiger partial charge in [0.15, 0.2) is 0 Å². The van der Waals surface area contributed by atoms with Crippen molar-refractivity contribution in [2.75, 3.05) is 37.6 Å². The molecule has 2 N–H and O–H groups in total. The van der Waals surface area contributed by atoms with Crippen molar-refractivity contribution in [3.63, 3.8) is 0 Å². The van der Waals surface area contributed by atoms with Crippen molar-refractivity contribution in [1.82, 2.24) is 20.2 Å². The molecule has 1 amide bonds. The Hall–Kier alpha value is -2.14. The van der Waals surface area contributed by atoms with Crippen LogP contribution in [0.3, 0.4) is 0 Å². The smallest absolute Gasteiger partial charge is 0.404 e. The van der Waals surface area contributed by atoms with Gasteiger partial charge < -0.3 is 20.2 Å². The molecule has 34 heavy (non-hydrogen) atoms. The Kier molecular flexibility index (Phi) is 6.34. The Labute approximate surface area is 200 Å². The van der Waals surface area contributed by atoms with Crippen LogP contribution >= 0.6 is 11.3 Å². The first-order chi connectivity index (χ1) is 16.2. The van der Waals surface area contributed by atoms with Crippen LogP contribution in [0.1, 0.15) is 43.4 Å². The number of alkyl halides is 3. The number of aromatic nitrogens is 2. The number of amides is 1. The number of hydrogen-bond acceptors (Lipinski definition) is 6. The van der Waals surface area contributed by atoms with Crippen molar-refractivity contribution >= 4 is 33.5 Å². The molecule has 0 bridgehead atoms. The number of hydrogen-bond donors (Lipinski definition) is 2. The molecule has 1 saturated carbocycles. The van der Waals surface area contributed by atoms with Gasteiger partial charge in [0, 0.05) is 36.0 Å². The maximum atomic E-state index is 12.8. The molecule has 4 heterocycles. The van der Waals surface area contributed by atoms with Crippen molar-refractivity contribution < 1.29 is 23.1 Å². The highest BCUT2D eigenvalue weighted by Crippen LogP contribution is 2.44. The summed E-state index contributed by atoms with van der Waals surface area (Å²) in [6.07, 6.45) is 1.61. The van der Waals surface area contributed by atoms with Crippen LogP contribution in [0.2, 0.25) is 0 Å². The number of nitrogens with zero attached hydrogens (tertiary/aromatic N) is 4. The second-order valence-electron chi connectivity index (χ2n) is 10.2. The molecule has 1 spiro atoms. The SMILES string of the molecule is O=C(O)NC1CCC(CN2CCC3(CC2)CN(c2ncnc4sc(CC(F)(F)F)cc24)C3)CC1. The molecule has 5 rings (SSSR count). The van der Waals surface area contributed by atoms with Crippen LogP contribution in [0, 0.1) is 11.3 Å². The summed E-state index contributed by atoms with van der Waals surface area (Å²) in [5, 5.41) is 12.2. The van der Waals surface area contributed by atoms with E-state index >= 15 is 0 Å². The third-order valence-electron chi connectivity index (χ3n) is 7.69. The summed E-state index contributed by atoms with van der Waals surface area (Å²) in [6.45, 7) is 5.00. The Morgan fingerprint density at radius 2 is 1.88 bits per heavy atom. The Morgan fingerprint density at radius 1 is 1.18 bits per heavy atom. The molecule has 0 radical (unpaired) electrons. The second kappa shape index (κ2) is 9.14. The summed E-state index contributed by atoms with van der Waals surface area (Å²) in [5.74, 6) is 1.40. The first kappa shape index (κ1) is 23.6. The number of carbonyl (C=O) groups is 1. The van der Waals surface area contributed by atoms with Crippen molar-refractivity contribution in [2.24, 2.45) is 11.3 Å². The van der Waals surface area contributed by atoms with Crippen LogP contribution in [0.25, 0.3) is 10.2 Å². The zero-order valence-corrected chi connectivity index (χ0v) is 19.8. The van der Waals surface area contributed by atoms with Gasteiger partial charge in [-0.25, -0.2) is 14.8 Å². The van der Waals surface area contributed by atoms with Gasteiger partial charge in [0.05, 0.1) is 11.8 Å². The summed E-state index contributed by atoms with van der Waals surface area (Å²) in [7, 11) is 0. The van der Waals surface area contributed by atoms with Crippen molar-refractivity contribution in [3.05, 3.63) is 17.3 Å². The van der Waals surface area contributed by atoms with Crippen LogP contribution < -0.4 is 10.2 Å². The van der Waals surface area contributed by atoms with Crippen LogP contribution in [0.5, 0.6) is 0 Å². The molecular weight excluding hydrogens is 467 g/mol. The van der Waals surface area contributed by atoms with E-state index in [2.05, 4.69) is 25.1 Å². The van der Waals surface area contributed by atoms with Gasteiger partial charge in [-0.1, -0.05) is 0 Å². The third-order valence-corrected chi connectivity index (χ3v) is 8.74. The molecule has 0 aromatic carbocycles. The van der Waals surface area contributed by atoms with E-state index in [0.717, 1.165) is 93.8 Å². The summed E-state index contributed by atoms with van der Waals surface area (Å²) >= 11 is 1.10. The number of halogens is 3. The van der Waals surface area contributed by atoms with Crippen molar-refractivity contribution in [2.45, 2.75) is 57.2 Å². The molecule has 2 aromatic rings. The van der Waals surface area contributed by atoms with Gasteiger partial charge in [-0.3, -0.25) is 0 Å². The molecule has 2 saturated heterocycles. The van der Waals surface area contributed by atoms with E-state index in [0.29, 0.717) is 10.7 Å². The van der Waals surface area contributed by atoms with Gasteiger partial charge >= 0.3 is 12.3 Å². The van der Waals surface area contributed by atoms with Crippen LogP contribution in [-0.4, -0.2) is 71.0 Å². The Morgan fingerprint density at radius 3 is 2.53 bits per heavy atom. The number of nitrogens with one attached hydrogen (secondary N) is 1. The topological polar surface area (TPSA) is 81.6 Å². The molecule has 3 aliphatic rings. The highest BCUT2D eigenvalue weighted by molar-refractivity contribution is 7.18. The lowest BCUT2D eigenvalue weighted by Gasteiger charge is -2.55. The highest BCUT2D eigenvalue weighted by atomic mass is 32.1. The highest BCUT2D eigenvalue weighted by Gasteiger charge is 2.46. The quantitative estimate of drug-likeness (QED) is 0.632. The van der Waals surface area contributed by atoms with E-state index in [4.69, 9.17) is 5.11 Å². The van der Waals surface area contributed by atoms with Crippen molar-refractivity contribution in [1.29, 1.82) is 0 Å². The minimum Gasteiger partial charge on any atom is -0.465 e. The third kappa shape index (κ3) is 5.25. The number of anilines is 1. The molecule has 2 aliphatic heterocycles. The molecule has 0 atom stereocenters. The average molecular weight is 498 g/mol. The predicted octanol–water partition coefficient (Wildman–Crippen LogP) is 4.52. The molecule has 11 heteroatoms. The fraction of sp³-hybridized carbons (Fsp3) is 0.696. The van der Waals surface area contributed by atoms with Gasteiger partial charge in [-0.15, -0.1) is 11.3 Å². The lowest BCUT2D eigenvalue weighted by atomic mass is 9.71. The van der Waals surface area contributed by atoms with Gasteiger partial charge in [0.2, 0.25) is 0 Å². The standard InChI is InChI=1S/C23H30F3N5O2S/c24-23(25,26)10-17-9-18-19(27-14-28-20(18)34-17)31-12-22(13-31)5-7-30(8-6-22)11-15-1-3-16(4-2-15)29-21(32)33/h9,14-16,29H,1-8,10-13H2,(H,32,33). The van der Waals surface area contributed by atoms with Gasteiger partial charge in [0.1, 0.15) is 17.0 Å². The van der Waals surface area contributed by atoms with Gasteiger partial charge in [-0.05, 0) is 63.6 Å². The molecule has 7 nitrogen and oxygen atoms in total. The van der Waals surface area contributed by atoms with Crippen molar-refractivity contribution in [3.8, 4) is 0 Å². The largest absolute Gasteiger partial charge is 0.465 e. The number of fused-ring (bicyclic) bond motifs is 1. The zero-order valence-electron chi connectivity index (χ0n) is 19.0. The number of likely N-dealkylation sites (tertiary alicyclic amines) is 1. The Balaban J connectivity index is 1.12. The molecular formula is C23H30F3N5O2S. The predicted molar refractivity (Wildman–Crippen MR) is 124 cm³/mol. The van der Waals surface area contributed by atoms with E-state index in [9.17, 15) is 18.0 Å². The lowest BCUT2D eigenvalue weighted by Crippen LogP contribution is -2.61. The first-order valence-electron chi connectivity index (χ1n) is 11.9. The van der Waals surface area contributed by atoms with Gasteiger partial charge in [0.25, 0.3) is 0 Å². The number of piperidine rings is 1. The van der Waals surface area contributed by atoms with E-state index in [1.165, 1.54) is 6.33 Å². The monoisotopic (exact) mass is 497 g/mol. The molecule has 2 aromatic heterocycles. The molecule has 1 aliphatic carbocycles. The van der Waals surface area contributed by atoms with Crippen LogP contribution in [-0.2, 0) is 6.42 Å². The lowest BCUT2D eigenvalue weighted by molar-refractivity contribution is -0.126. The normalized spacial score (nSPS) is 25.4. The minimum atomic E-state index is -4.22. The first-order valence-corrected chi connectivity index (χ1v) is 12.8. The fourth-order valence-electron chi connectivity index (χ4n) is 5.90. The van der Waals surface area contributed by atoms with E-state index in [1.54, 1.807) is 6.07 Å². The summed E-state index contributed by atoms with van der Waals surface area (Å²) in [5.41, 5.74) is 0.266. The summed E-state index contributed by atoms with van der Waals surface area (Å²) in [6, 6.07) is 1.71. The van der Waals surface area contributed by atoms with E-state index in [1.807, 2.05) is 0 Å². The minimum absolute atomic E-state index is 0.0976. The van der Waals surface area contributed by atoms with E-state index in [-0.39, 0.29) is 16.3 Å². The zero-order chi connectivity index (χ0) is 23.9. The second-order valence-corrected chi connectivity index (χ2v) is 11.4. The summed E-state index contributed by atoms with van der Waals surface area (Å²) in [4.78, 5) is 25.1. The number of carboxylic acid groups (broad SMARTS) is 1. The molecule has 186 valence electrons. The van der Waals surface area contributed by atoms with Gasteiger partial charge in [-0.2, -0.15) is 13.2 Å². The Bertz CT molecular complexity index is 1020. The maximum Gasteiger partial charge on any atom is 0.404 e. The van der Waals surface area contributed by atoms with E-state index < -0.39 is 18.7 Å². The maximum absolute atomic E-state index is 12.8. The summed E-state index contributed by atoms with van der Waals surface area (Å²) < 4.78 is 38.5. The van der Waals surface area contributed by atoms with Crippen LogP contribution in [0.15, 0.2) is 12.4 Å². The number of thiophene rings is 1.